The van der Waals surface area contributed by atoms with Gasteiger partial charge in [-0.15, -0.1) is 0 Å². The highest BCUT2D eigenvalue weighted by Crippen LogP contribution is 2.25. The molecule has 0 fully saturated rings. The molecule has 17 heavy (non-hydrogen) atoms. The lowest BCUT2D eigenvalue weighted by Crippen LogP contribution is -2.02. The SMILES string of the molecule is [C]OC(=O)c1ccccc1Oc1ccccc1. The zero-order valence-electron chi connectivity index (χ0n) is 8.92. The Bertz CT molecular complexity index is 506. The van der Waals surface area contributed by atoms with Crippen molar-refractivity contribution in [3.63, 3.8) is 0 Å². The van der Waals surface area contributed by atoms with E-state index in [1.807, 2.05) is 18.2 Å². The average molecular weight is 225 g/mol. The normalized spacial score (nSPS) is 9.71. The van der Waals surface area contributed by atoms with Crippen LogP contribution in [0.1, 0.15) is 10.4 Å². The highest BCUT2D eigenvalue weighted by molar-refractivity contribution is 5.92. The minimum Gasteiger partial charge on any atom is -0.456 e. The topological polar surface area (TPSA) is 35.5 Å². The van der Waals surface area contributed by atoms with Crippen LogP contribution < -0.4 is 4.74 Å². The third-order valence-corrected chi connectivity index (χ3v) is 2.17. The standard InChI is InChI=1S/C14H9O3/c1-16-14(15)12-9-5-6-10-13(12)17-11-7-3-2-4-8-11/h2-10H. The predicted molar refractivity (Wildman–Crippen MR) is 61.6 cm³/mol. The van der Waals surface area contributed by atoms with Gasteiger partial charge in [-0.25, -0.2) is 4.79 Å². The Morgan fingerprint density at radius 2 is 1.59 bits per heavy atom. The molecule has 0 aliphatic rings. The Balaban J connectivity index is 2.30. The third-order valence-electron chi connectivity index (χ3n) is 2.17. The molecule has 83 valence electrons. The van der Waals surface area contributed by atoms with E-state index in [1.165, 1.54) is 0 Å². The lowest BCUT2D eigenvalue weighted by molar-refractivity contribution is 0.0651. The molecule has 0 bridgehead atoms. The summed E-state index contributed by atoms with van der Waals surface area (Å²) in [6.45, 7) is 0. The highest BCUT2D eigenvalue weighted by Gasteiger charge is 2.12. The second-order valence-electron chi connectivity index (χ2n) is 3.30. The van der Waals surface area contributed by atoms with E-state index in [0.717, 1.165) is 0 Å². The molecule has 3 radical (unpaired) electrons. The Labute approximate surface area is 99.6 Å². The number of hydrogen-bond acceptors (Lipinski definition) is 3. The molecule has 0 amide bonds. The number of hydrogen-bond donors (Lipinski definition) is 0. The van der Waals surface area contributed by atoms with E-state index < -0.39 is 5.97 Å². The second kappa shape index (κ2) is 5.16. The second-order valence-corrected chi connectivity index (χ2v) is 3.30. The molecule has 2 aromatic carbocycles. The van der Waals surface area contributed by atoms with Crippen molar-refractivity contribution >= 4 is 5.97 Å². The molecule has 3 heteroatoms. The molecule has 0 aromatic heterocycles. The summed E-state index contributed by atoms with van der Waals surface area (Å²) in [6.07, 6.45) is 0. The minimum atomic E-state index is -0.739. The van der Waals surface area contributed by atoms with Gasteiger partial charge in [0.2, 0.25) is 0 Å². The van der Waals surface area contributed by atoms with Gasteiger partial charge in [-0.1, -0.05) is 30.3 Å². The molecule has 2 aromatic rings. The molecule has 0 N–H and O–H groups in total. The molecule has 2 rings (SSSR count). The van der Waals surface area contributed by atoms with E-state index in [4.69, 9.17) is 11.8 Å². The molecular weight excluding hydrogens is 216 g/mol. The summed E-state index contributed by atoms with van der Waals surface area (Å²) in [7, 11) is 6.62. The van der Waals surface area contributed by atoms with Crippen LogP contribution >= 0.6 is 0 Å². The summed E-state index contributed by atoms with van der Waals surface area (Å²) in [5, 5.41) is 0. The Hall–Kier alpha value is -2.29. The van der Waals surface area contributed by atoms with Gasteiger partial charge in [0.15, 0.2) is 0 Å². The van der Waals surface area contributed by atoms with E-state index in [1.54, 1.807) is 36.4 Å². The van der Waals surface area contributed by atoms with Crippen LogP contribution in [0.25, 0.3) is 0 Å². The van der Waals surface area contributed by atoms with E-state index in [9.17, 15) is 4.79 Å². The van der Waals surface area contributed by atoms with Gasteiger partial charge >= 0.3 is 5.97 Å². The number of rotatable bonds is 3. The van der Waals surface area contributed by atoms with Gasteiger partial charge in [-0.05, 0) is 24.3 Å². The molecule has 0 saturated heterocycles. The molecule has 0 aliphatic carbocycles. The van der Waals surface area contributed by atoms with Gasteiger partial charge < -0.3 is 9.47 Å². The van der Waals surface area contributed by atoms with Crippen LogP contribution in [0.4, 0.5) is 0 Å². The van der Waals surface area contributed by atoms with Gasteiger partial charge in [0, 0.05) is 0 Å². The van der Waals surface area contributed by atoms with Crippen molar-refractivity contribution in [2.24, 2.45) is 0 Å². The average Bonchev–Trinajstić information content (AvgIpc) is 2.40. The first-order valence-electron chi connectivity index (χ1n) is 5.01. The van der Waals surface area contributed by atoms with Gasteiger partial charge in [-0.3, -0.25) is 0 Å². The van der Waals surface area contributed by atoms with Crippen molar-refractivity contribution < 1.29 is 14.3 Å². The summed E-state index contributed by atoms with van der Waals surface area (Å²) in [5.41, 5.74) is 0.228. The summed E-state index contributed by atoms with van der Waals surface area (Å²) < 4.78 is 9.49. The maximum absolute atomic E-state index is 11.3. The fourth-order valence-corrected chi connectivity index (χ4v) is 1.39. The monoisotopic (exact) mass is 225 g/mol. The van der Waals surface area contributed by atoms with Crippen LogP contribution in [-0.4, -0.2) is 5.97 Å². The third kappa shape index (κ3) is 2.64. The quantitative estimate of drug-likeness (QED) is 0.752. The first-order chi connectivity index (χ1) is 8.31. The van der Waals surface area contributed by atoms with Crippen molar-refractivity contribution in [3.8, 4) is 11.5 Å². The fourth-order valence-electron chi connectivity index (χ4n) is 1.39. The Morgan fingerprint density at radius 1 is 0.941 bits per heavy atom. The van der Waals surface area contributed by atoms with Crippen molar-refractivity contribution in [1.82, 2.24) is 0 Å². The van der Waals surface area contributed by atoms with Crippen LogP contribution in [0, 0.1) is 7.11 Å². The number of carbonyl (C=O) groups is 1. The molecule has 0 aliphatic heterocycles. The van der Waals surface area contributed by atoms with E-state index in [2.05, 4.69) is 4.74 Å². The van der Waals surface area contributed by atoms with Crippen LogP contribution in [0.2, 0.25) is 0 Å². The largest absolute Gasteiger partial charge is 0.456 e. The first-order valence-corrected chi connectivity index (χ1v) is 5.01. The summed E-state index contributed by atoms with van der Waals surface area (Å²) in [4.78, 5) is 11.3. The maximum Gasteiger partial charge on any atom is 0.342 e. The van der Waals surface area contributed by atoms with Crippen molar-refractivity contribution in [2.45, 2.75) is 0 Å². The first kappa shape index (κ1) is 11.2. The number of benzene rings is 2. The van der Waals surface area contributed by atoms with Gasteiger partial charge in [0.25, 0.3) is 7.11 Å². The highest BCUT2D eigenvalue weighted by atomic mass is 16.5. The van der Waals surface area contributed by atoms with Crippen LogP contribution in [-0.2, 0) is 4.74 Å². The molecular formula is C14H9O3. The van der Waals surface area contributed by atoms with E-state index >= 15 is 0 Å². The van der Waals surface area contributed by atoms with Crippen LogP contribution in [0.3, 0.4) is 0 Å². The number of esters is 1. The fraction of sp³-hybridized carbons (Fsp3) is 0. The van der Waals surface area contributed by atoms with E-state index in [0.29, 0.717) is 11.5 Å². The molecule has 0 heterocycles. The zero-order valence-corrected chi connectivity index (χ0v) is 8.92. The van der Waals surface area contributed by atoms with E-state index in [-0.39, 0.29) is 5.56 Å². The lowest BCUT2D eigenvalue weighted by atomic mass is 10.2. The molecule has 0 atom stereocenters. The smallest absolute Gasteiger partial charge is 0.342 e. The molecule has 0 saturated carbocycles. The molecule has 0 spiro atoms. The van der Waals surface area contributed by atoms with Gasteiger partial charge in [-0.2, -0.15) is 0 Å². The summed E-state index contributed by atoms with van der Waals surface area (Å²) >= 11 is 0. The minimum absolute atomic E-state index is 0.228. The number of para-hydroxylation sites is 2. The lowest BCUT2D eigenvalue weighted by Gasteiger charge is -2.08. The van der Waals surface area contributed by atoms with Crippen LogP contribution in [0.5, 0.6) is 11.5 Å². The number of carbonyl (C=O) groups excluding carboxylic acids is 1. The summed E-state index contributed by atoms with van der Waals surface area (Å²) in [6, 6.07) is 15.7. The van der Waals surface area contributed by atoms with Crippen molar-refractivity contribution in [2.75, 3.05) is 0 Å². The molecule has 0 unspecified atom stereocenters. The maximum atomic E-state index is 11.3. The van der Waals surface area contributed by atoms with Crippen LogP contribution in [0.15, 0.2) is 54.6 Å². The Morgan fingerprint density at radius 3 is 2.29 bits per heavy atom. The van der Waals surface area contributed by atoms with Gasteiger partial charge in [0.05, 0.1) is 0 Å². The Kier molecular flexibility index (Phi) is 3.40. The zero-order chi connectivity index (χ0) is 12.1. The van der Waals surface area contributed by atoms with Crippen molar-refractivity contribution in [3.05, 3.63) is 67.3 Å². The van der Waals surface area contributed by atoms with Crippen molar-refractivity contribution in [1.29, 1.82) is 0 Å². The van der Waals surface area contributed by atoms with Gasteiger partial charge in [0.1, 0.15) is 17.1 Å². The predicted octanol–water partition coefficient (Wildman–Crippen LogP) is 3.18. The molecule has 3 nitrogen and oxygen atoms in total. The summed E-state index contributed by atoms with van der Waals surface area (Å²) in [5.74, 6) is 0.255. The number of ether oxygens (including phenoxy) is 2.